The highest BCUT2D eigenvalue weighted by atomic mass is 32.2. The molecule has 1 aliphatic heterocycles. The molecule has 2 heterocycles. The lowest BCUT2D eigenvalue weighted by Gasteiger charge is -2.22. The van der Waals surface area contributed by atoms with Crippen LogP contribution in [0.4, 0.5) is 0 Å². The summed E-state index contributed by atoms with van der Waals surface area (Å²) in [6, 6.07) is 3.89. The lowest BCUT2D eigenvalue weighted by atomic mass is 10.0. The van der Waals surface area contributed by atoms with E-state index >= 15 is 0 Å². The summed E-state index contributed by atoms with van der Waals surface area (Å²) in [7, 11) is -3.92. The molecule has 8 nitrogen and oxygen atoms in total. The molecule has 0 saturated carbocycles. The number of hydrogen-bond acceptors (Lipinski definition) is 7. The van der Waals surface area contributed by atoms with Crippen LogP contribution in [0.5, 0.6) is 0 Å². The molecule has 26 heavy (non-hydrogen) atoms. The van der Waals surface area contributed by atoms with Crippen molar-refractivity contribution in [2.24, 2.45) is 5.92 Å². The smallest absolute Gasteiger partial charge is 0.243 e. The van der Waals surface area contributed by atoms with Gasteiger partial charge in [-0.2, -0.15) is 13.5 Å². The van der Waals surface area contributed by atoms with Gasteiger partial charge >= 0.3 is 0 Å². The molecule has 2 atom stereocenters. The van der Waals surface area contributed by atoms with Crippen LogP contribution in [0, 0.1) is 5.92 Å². The van der Waals surface area contributed by atoms with Gasteiger partial charge in [-0.15, -0.1) is 0 Å². The second-order valence-corrected chi connectivity index (χ2v) is 8.82. The number of carbonyl (C=O) groups is 1. The molecule has 142 valence electrons. The molecule has 2 aromatic rings. The van der Waals surface area contributed by atoms with E-state index < -0.39 is 16.1 Å². The van der Waals surface area contributed by atoms with Gasteiger partial charge in [-0.25, -0.2) is 8.42 Å². The maximum atomic E-state index is 12.8. The van der Waals surface area contributed by atoms with Gasteiger partial charge in [0.05, 0.1) is 17.8 Å². The normalized spacial score (nSPS) is 19.1. The Kier molecular flexibility index (Phi) is 5.86. The molecule has 1 amide bonds. The predicted octanol–water partition coefficient (Wildman–Crippen LogP) is 1.29. The fourth-order valence-corrected chi connectivity index (χ4v) is 4.96. The molecule has 1 aromatic heterocycles. The monoisotopic (exact) mass is 398 g/mol. The molecular weight excluding hydrogens is 376 g/mol. The second-order valence-electron chi connectivity index (χ2n) is 6.61. The van der Waals surface area contributed by atoms with Crippen molar-refractivity contribution >= 4 is 38.7 Å². The number of amides is 1. The Balaban J connectivity index is 1.76. The van der Waals surface area contributed by atoms with Crippen molar-refractivity contribution in [1.82, 2.24) is 18.8 Å². The third-order valence-electron chi connectivity index (χ3n) is 4.30. The van der Waals surface area contributed by atoms with Crippen molar-refractivity contribution in [2.45, 2.75) is 43.7 Å². The van der Waals surface area contributed by atoms with E-state index in [1.54, 1.807) is 26.0 Å². The Morgan fingerprint density at radius 3 is 2.88 bits per heavy atom. The van der Waals surface area contributed by atoms with Crippen LogP contribution in [-0.2, 0) is 19.6 Å². The number of ether oxygens (including phenoxy) is 1. The van der Waals surface area contributed by atoms with E-state index in [2.05, 4.69) is 18.8 Å². The summed E-state index contributed by atoms with van der Waals surface area (Å²) in [5, 5.41) is 2.80. The van der Waals surface area contributed by atoms with E-state index in [9.17, 15) is 13.2 Å². The predicted molar refractivity (Wildman–Crippen MR) is 98.3 cm³/mol. The van der Waals surface area contributed by atoms with Gasteiger partial charge in [-0.05, 0) is 30.9 Å². The Labute approximate surface area is 156 Å². The zero-order valence-electron chi connectivity index (χ0n) is 14.6. The van der Waals surface area contributed by atoms with Crippen molar-refractivity contribution in [3.05, 3.63) is 18.2 Å². The molecular formula is C16H22N4O4S2. The quantitative estimate of drug-likeness (QED) is 0.727. The third-order valence-corrected chi connectivity index (χ3v) is 6.31. The van der Waals surface area contributed by atoms with E-state index in [4.69, 9.17) is 4.74 Å². The third kappa shape index (κ3) is 4.20. The fraction of sp³-hybridized carbons (Fsp3) is 0.562. The molecule has 10 heteroatoms. The molecule has 1 aliphatic rings. The van der Waals surface area contributed by atoms with Crippen molar-refractivity contribution in [2.75, 3.05) is 13.2 Å². The van der Waals surface area contributed by atoms with Gasteiger partial charge in [0.2, 0.25) is 15.9 Å². The minimum Gasteiger partial charge on any atom is -0.376 e. The number of fused-ring (bicyclic) bond motifs is 1. The summed E-state index contributed by atoms with van der Waals surface area (Å²) in [6.07, 6.45) is 1.88. The van der Waals surface area contributed by atoms with Crippen molar-refractivity contribution < 1.29 is 17.9 Å². The molecule has 0 aliphatic carbocycles. The maximum absolute atomic E-state index is 12.8. The number of benzene rings is 1. The first kappa shape index (κ1) is 19.2. The van der Waals surface area contributed by atoms with Crippen LogP contribution < -0.4 is 10.0 Å². The number of nitrogens with one attached hydrogen (secondary N) is 2. The van der Waals surface area contributed by atoms with Crippen LogP contribution in [0.25, 0.3) is 11.0 Å². The molecule has 1 saturated heterocycles. The fourth-order valence-electron chi connectivity index (χ4n) is 2.85. The zero-order valence-corrected chi connectivity index (χ0v) is 16.3. The Morgan fingerprint density at radius 1 is 1.38 bits per heavy atom. The van der Waals surface area contributed by atoms with E-state index in [0.717, 1.165) is 24.6 Å². The van der Waals surface area contributed by atoms with E-state index in [-0.39, 0.29) is 22.8 Å². The number of aromatic nitrogens is 2. The SMILES string of the molecule is CC(C)C(NS(=O)(=O)c1cccc2nsnc12)C(=O)NCC1CCCO1. The van der Waals surface area contributed by atoms with Crippen LogP contribution in [0.15, 0.2) is 23.1 Å². The van der Waals surface area contributed by atoms with Crippen molar-refractivity contribution in [3.8, 4) is 0 Å². The van der Waals surface area contributed by atoms with E-state index in [1.165, 1.54) is 6.07 Å². The standard InChI is InChI=1S/C16H22N4O4S2/c1-10(2)14(16(21)17-9-11-5-4-8-24-11)20-26(22,23)13-7-3-6-12-15(13)19-25-18-12/h3,6-7,10-11,14,20H,4-5,8-9H2,1-2H3,(H,17,21). The highest BCUT2D eigenvalue weighted by molar-refractivity contribution is 7.89. The summed E-state index contributed by atoms with van der Waals surface area (Å²) in [6.45, 7) is 4.68. The van der Waals surface area contributed by atoms with Gasteiger partial charge in [0.25, 0.3) is 0 Å². The van der Waals surface area contributed by atoms with Gasteiger partial charge in [0, 0.05) is 13.2 Å². The highest BCUT2D eigenvalue weighted by Gasteiger charge is 2.30. The molecule has 1 aromatic carbocycles. The molecule has 0 spiro atoms. The molecule has 0 radical (unpaired) electrons. The Hall–Kier alpha value is -1.62. The van der Waals surface area contributed by atoms with Crippen molar-refractivity contribution in [1.29, 1.82) is 0 Å². The van der Waals surface area contributed by atoms with Crippen LogP contribution >= 0.6 is 11.7 Å². The molecule has 2 unspecified atom stereocenters. The van der Waals surface area contributed by atoms with Crippen molar-refractivity contribution in [3.63, 3.8) is 0 Å². The Morgan fingerprint density at radius 2 is 2.19 bits per heavy atom. The summed E-state index contributed by atoms with van der Waals surface area (Å²) >= 11 is 0.951. The number of carbonyl (C=O) groups excluding carboxylic acids is 1. The Bertz CT molecular complexity index is 875. The first-order chi connectivity index (χ1) is 12.4. The van der Waals surface area contributed by atoms with Crippen LogP contribution in [-0.4, -0.2) is 48.4 Å². The van der Waals surface area contributed by atoms with Crippen LogP contribution in [0.1, 0.15) is 26.7 Å². The largest absolute Gasteiger partial charge is 0.376 e. The van der Waals surface area contributed by atoms with Gasteiger partial charge in [-0.3, -0.25) is 4.79 Å². The number of rotatable bonds is 7. The van der Waals surface area contributed by atoms with E-state index in [1.807, 2.05) is 0 Å². The first-order valence-corrected chi connectivity index (χ1v) is 10.7. The number of nitrogens with zero attached hydrogens (tertiary/aromatic N) is 2. The number of hydrogen-bond donors (Lipinski definition) is 2. The summed E-state index contributed by atoms with van der Waals surface area (Å²) in [5.74, 6) is -0.579. The molecule has 0 bridgehead atoms. The number of sulfonamides is 1. The van der Waals surface area contributed by atoms with Gasteiger partial charge in [0.15, 0.2) is 0 Å². The summed E-state index contributed by atoms with van der Waals surface area (Å²) < 4.78 is 41.8. The minimum atomic E-state index is -3.92. The second kappa shape index (κ2) is 7.95. The topological polar surface area (TPSA) is 110 Å². The molecule has 2 N–H and O–H groups in total. The lowest BCUT2D eigenvalue weighted by Crippen LogP contribution is -2.50. The van der Waals surface area contributed by atoms with Gasteiger partial charge in [-0.1, -0.05) is 19.9 Å². The van der Waals surface area contributed by atoms with Crippen LogP contribution in [0.2, 0.25) is 0 Å². The molecule has 3 rings (SSSR count). The average Bonchev–Trinajstić information content (AvgIpc) is 3.28. The maximum Gasteiger partial charge on any atom is 0.243 e. The van der Waals surface area contributed by atoms with Crippen LogP contribution in [0.3, 0.4) is 0 Å². The summed E-state index contributed by atoms with van der Waals surface area (Å²) in [5.41, 5.74) is 0.828. The summed E-state index contributed by atoms with van der Waals surface area (Å²) in [4.78, 5) is 12.6. The van der Waals surface area contributed by atoms with E-state index in [0.29, 0.717) is 24.2 Å². The van der Waals surface area contributed by atoms with Gasteiger partial charge < -0.3 is 10.1 Å². The zero-order chi connectivity index (χ0) is 18.7. The highest BCUT2D eigenvalue weighted by Crippen LogP contribution is 2.22. The first-order valence-electron chi connectivity index (χ1n) is 8.51. The average molecular weight is 399 g/mol. The minimum absolute atomic E-state index is 0.00167. The lowest BCUT2D eigenvalue weighted by molar-refractivity contribution is -0.124. The van der Waals surface area contributed by atoms with Gasteiger partial charge in [0.1, 0.15) is 22.0 Å². The molecule has 1 fully saturated rings.